The van der Waals surface area contributed by atoms with E-state index in [1.54, 1.807) is 0 Å². The van der Waals surface area contributed by atoms with Crippen LogP contribution in [0.25, 0.3) is 0 Å². The van der Waals surface area contributed by atoms with Gasteiger partial charge in [0.15, 0.2) is 6.29 Å². The van der Waals surface area contributed by atoms with E-state index in [1.165, 1.54) is 6.33 Å². The summed E-state index contributed by atoms with van der Waals surface area (Å²) in [6.07, 6.45) is 4.15. The molecule has 1 aromatic rings. The van der Waals surface area contributed by atoms with Crippen LogP contribution in [0.4, 0.5) is 5.82 Å². The van der Waals surface area contributed by atoms with Gasteiger partial charge in [0.1, 0.15) is 17.3 Å². The summed E-state index contributed by atoms with van der Waals surface area (Å²) in [7, 11) is 0. The van der Waals surface area contributed by atoms with E-state index in [2.05, 4.69) is 15.3 Å². The van der Waals surface area contributed by atoms with Gasteiger partial charge < -0.3 is 10.1 Å². The van der Waals surface area contributed by atoms with Crippen molar-refractivity contribution >= 4 is 23.7 Å². The molecular formula is C12H18ClN3O2. The summed E-state index contributed by atoms with van der Waals surface area (Å²) < 4.78 is 5.43. The minimum atomic E-state index is 0.172. The second-order valence-corrected chi connectivity index (χ2v) is 4.46. The van der Waals surface area contributed by atoms with Crippen molar-refractivity contribution in [3.63, 3.8) is 0 Å². The number of aromatic nitrogens is 2. The number of aldehydes is 1. The summed E-state index contributed by atoms with van der Waals surface area (Å²) >= 11 is 5.78. The van der Waals surface area contributed by atoms with Gasteiger partial charge in [-0.1, -0.05) is 11.6 Å². The first-order valence-corrected chi connectivity index (χ1v) is 6.34. The molecule has 100 valence electrons. The number of rotatable bonds is 8. The Labute approximate surface area is 112 Å². The van der Waals surface area contributed by atoms with Gasteiger partial charge in [-0.05, 0) is 26.7 Å². The van der Waals surface area contributed by atoms with E-state index in [9.17, 15) is 4.79 Å². The normalized spacial score (nSPS) is 10.7. The highest BCUT2D eigenvalue weighted by molar-refractivity contribution is 6.32. The second kappa shape index (κ2) is 8.00. The summed E-state index contributed by atoms with van der Waals surface area (Å²) in [6, 6.07) is 0. The molecule has 0 aromatic carbocycles. The van der Waals surface area contributed by atoms with E-state index < -0.39 is 0 Å². The van der Waals surface area contributed by atoms with Crippen molar-refractivity contribution in [2.75, 3.05) is 18.5 Å². The molecule has 0 radical (unpaired) electrons. The summed E-state index contributed by atoms with van der Waals surface area (Å²) in [5.41, 5.74) is 0.303. The Hall–Kier alpha value is -1.20. The number of carbonyl (C=O) groups excluding carboxylic acids is 1. The van der Waals surface area contributed by atoms with Crippen molar-refractivity contribution in [2.45, 2.75) is 32.8 Å². The quantitative estimate of drug-likeness (QED) is 0.447. The maximum absolute atomic E-state index is 10.8. The van der Waals surface area contributed by atoms with Crippen LogP contribution in [-0.2, 0) is 4.74 Å². The molecule has 0 aliphatic rings. The number of hydrogen-bond acceptors (Lipinski definition) is 5. The van der Waals surface area contributed by atoms with Gasteiger partial charge in [0.2, 0.25) is 0 Å². The fraction of sp³-hybridized carbons (Fsp3) is 0.583. The molecule has 0 saturated carbocycles. The van der Waals surface area contributed by atoms with Crippen molar-refractivity contribution in [1.29, 1.82) is 0 Å². The molecule has 0 aliphatic heterocycles. The lowest BCUT2D eigenvalue weighted by atomic mass is 10.3. The molecular weight excluding hydrogens is 254 g/mol. The van der Waals surface area contributed by atoms with Gasteiger partial charge in [0, 0.05) is 13.2 Å². The zero-order valence-electron chi connectivity index (χ0n) is 10.6. The third-order valence-electron chi connectivity index (χ3n) is 2.27. The lowest BCUT2D eigenvalue weighted by Crippen LogP contribution is -2.09. The lowest BCUT2D eigenvalue weighted by molar-refractivity contribution is 0.0765. The summed E-state index contributed by atoms with van der Waals surface area (Å²) in [6.45, 7) is 5.48. The lowest BCUT2D eigenvalue weighted by Gasteiger charge is -2.09. The first kappa shape index (κ1) is 14.9. The molecule has 0 saturated heterocycles. The topological polar surface area (TPSA) is 64.1 Å². The molecule has 0 atom stereocenters. The van der Waals surface area contributed by atoms with Gasteiger partial charge in [0.25, 0.3) is 0 Å². The van der Waals surface area contributed by atoms with Crippen molar-refractivity contribution in [1.82, 2.24) is 9.97 Å². The van der Waals surface area contributed by atoms with Crippen LogP contribution in [0.2, 0.25) is 5.15 Å². The maximum Gasteiger partial charge on any atom is 0.156 e. The third kappa shape index (κ3) is 4.98. The molecule has 0 bridgehead atoms. The molecule has 1 heterocycles. The molecule has 1 aromatic heterocycles. The van der Waals surface area contributed by atoms with Gasteiger partial charge in [-0.15, -0.1) is 0 Å². The number of unbranched alkanes of at least 4 members (excludes halogenated alkanes) is 1. The molecule has 0 unspecified atom stereocenters. The average Bonchev–Trinajstić information content (AvgIpc) is 2.33. The largest absolute Gasteiger partial charge is 0.379 e. The zero-order valence-corrected chi connectivity index (χ0v) is 11.4. The third-order valence-corrected chi connectivity index (χ3v) is 2.57. The predicted octanol–water partition coefficient (Wildman–Crippen LogP) is 2.56. The van der Waals surface area contributed by atoms with Crippen LogP contribution in [0.3, 0.4) is 0 Å². The molecule has 0 spiro atoms. The van der Waals surface area contributed by atoms with Crippen LogP contribution in [0.5, 0.6) is 0 Å². The summed E-state index contributed by atoms with van der Waals surface area (Å²) in [5.74, 6) is 0.481. The standard InChI is InChI=1S/C12H18ClN3O2/c1-9(2)18-6-4-3-5-14-12-10(7-17)11(13)15-8-16-12/h7-9H,3-6H2,1-2H3,(H,14,15,16). The molecule has 0 amide bonds. The minimum absolute atomic E-state index is 0.172. The monoisotopic (exact) mass is 271 g/mol. The van der Waals surface area contributed by atoms with E-state index in [-0.39, 0.29) is 11.3 Å². The van der Waals surface area contributed by atoms with Crippen LogP contribution >= 0.6 is 11.6 Å². The van der Waals surface area contributed by atoms with E-state index >= 15 is 0 Å². The fourth-order valence-corrected chi connectivity index (χ4v) is 1.55. The van der Waals surface area contributed by atoms with Crippen LogP contribution in [-0.4, -0.2) is 35.5 Å². The number of halogens is 1. The Balaban J connectivity index is 2.31. The Morgan fingerprint density at radius 2 is 2.22 bits per heavy atom. The zero-order chi connectivity index (χ0) is 13.4. The first-order valence-electron chi connectivity index (χ1n) is 5.96. The molecule has 6 heteroatoms. The van der Waals surface area contributed by atoms with Gasteiger partial charge in [-0.25, -0.2) is 9.97 Å². The Morgan fingerprint density at radius 3 is 2.89 bits per heavy atom. The minimum Gasteiger partial charge on any atom is -0.379 e. The smallest absolute Gasteiger partial charge is 0.156 e. The fourth-order valence-electron chi connectivity index (χ4n) is 1.37. The van der Waals surface area contributed by atoms with E-state index in [0.29, 0.717) is 17.7 Å². The Morgan fingerprint density at radius 1 is 1.44 bits per heavy atom. The molecule has 5 nitrogen and oxygen atoms in total. The molecule has 1 N–H and O–H groups in total. The molecule has 0 fully saturated rings. The number of carbonyl (C=O) groups is 1. The molecule has 18 heavy (non-hydrogen) atoms. The molecule has 1 rings (SSSR count). The number of ether oxygens (including phenoxy) is 1. The van der Waals surface area contributed by atoms with Crippen LogP contribution in [0.15, 0.2) is 6.33 Å². The van der Waals surface area contributed by atoms with Crippen molar-refractivity contribution in [2.24, 2.45) is 0 Å². The maximum atomic E-state index is 10.8. The van der Waals surface area contributed by atoms with Crippen molar-refractivity contribution in [3.8, 4) is 0 Å². The highest BCUT2D eigenvalue weighted by Gasteiger charge is 2.07. The number of nitrogens with zero attached hydrogens (tertiary/aromatic N) is 2. The van der Waals surface area contributed by atoms with Gasteiger partial charge in [-0.2, -0.15) is 0 Å². The van der Waals surface area contributed by atoms with E-state index in [0.717, 1.165) is 26.0 Å². The SMILES string of the molecule is CC(C)OCCCCNc1ncnc(Cl)c1C=O. The number of nitrogens with one attached hydrogen (secondary N) is 1. The highest BCUT2D eigenvalue weighted by Crippen LogP contribution is 2.16. The summed E-state index contributed by atoms with van der Waals surface area (Å²) in [5, 5.41) is 3.24. The predicted molar refractivity (Wildman–Crippen MR) is 71.2 cm³/mol. The van der Waals surface area contributed by atoms with Crippen LogP contribution in [0.1, 0.15) is 37.0 Å². The van der Waals surface area contributed by atoms with Gasteiger partial charge >= 0.3 is 0 Å². The average molecular weight is 272 g/mol. The van der Waals surface area contributed by atoms with Crippen molar-refractivity contribution < 1.29 is 9.53 Å². The highest BCUT2D eigenvalue weighted by atomic mass is 35.5. The number of anilines is 1. The Bertz CT molecular complexity index is 386. The van der Waals surface area contributed by atoms with Gasteiger partial charge in [0.05, 0.1) is 11.7 Å². The Kier molecular flexibility index (Phi) is 6.60. The molecule has 0 aliphatic carbocycles. The van der Waals surface area contributed by atoms with Crippen molar-refractivity contribution in [3.05, 3.63) is 17.0 Å². The van der Waals surface area contributed by atoms with Gasteiger partial charge in [-0.3, -0.25) is 4.79 Å². The number of hydrogen-bond donors (Lipinski definition) is 1. The van der Waals surface area contributed by atoms with Crippen LogP contribution < -0.4 is 5.32 Å². The first-order chi connectivity index (χ1) is 8.65. The van der Waals surface area contributed by atoms with E-state index in [4.69, 9.17) is 16.3 Å². The second-order valence-electron chi connectivity index (χ2n) is 4.10. The van der Waals surface area contributed by atoms with Crippen LogP contribution in [0, 0.1) is 0 Å². The van der Waals surface area contributed by atoms with E-state index in [1.807, 2.05) is 13.8 Å². The summed E-state index contributed by atoms with van der Waals surface area (Å²) in [4.78, 5) is 18.6.